The van der Waals surface area contributed by atoms with Crippen LogP contribution < -0.4 is 5.32 Å². The summed E-state index contributed by atoms with van der Waals surface area (Å²) in [6.45, 7) is 1.57. The van der Waals surface area contributed by atoms with E-state index in [1.165, 1.54) is 17.0 Å². The van der Waals surface area contributed by atoms with Crippen LogP contribution in [0.25, 0.3) is 0 Å². The van der Waals surface area contributed by atoms with E-state index in [9.17, 15) is 10.1 Å². The van der Waals surface area contributed by atoms with Crippen LogP contribution in [0.3, 0.4) is 0 Å². The van der Waals surface area contributed by atoms with Crippen LogP contribution >= 0.6 is 27.7 Å². The van der Waals surface area contributed by atoms with Crippen molar-refractivity contribution in [2.45, 2.75) is 11.4 Å². The molecule has 6 heteroatoms. The van der Waals surface area contributed by atoms with Crippen molar-refractivity contribution in [1.82, 2.24) is 5.32 Å². The first-order valence-corrected chi connectivity index (χ1v) is 8.26. The molecular formula is C15H15BrN2O2S. The average molecular weight is 367 g/mol. The van der Waals surface area contributed by atoms with Gasteiger partial charge in [0.1, 0.15) is 0 Å². The summed E-state index contributed by atoms with van der Waals surface area (Å²) in [7, 11) is 0. The Balaban J connectivity index is 1.75. The number of halogens is 1. The molecule has 110 valence electrons. The van der Waals surface area contributed by atoms with Crippen molar-refractivity contribution in [2.24, 2.45) is 0 Å². The second-order valence-corrected chi connectivity index (χ2v) is 6.39. The predicted molar refractivity (Wildman–Crippen MR) is 89.7 cm³/mol. The van der Waals surface area contributed by atoms with Gasteiger partial charge < -0.3 is 5.32 Å². The van der Waals surface area contributed by atoms with E-state index < -0.39 is 4.92 Å². The zero-order valence-electron chi connectivity index (χ0n) is 11.3. The molecule has 0 bridgehead atoms. The number of non-ortho nitro benzene ring substituents is 1. The van der Waals surface area contributed by atoms with Gasteiger partial charge in [-0.05, 0) is 23.8 Å². The van der Waals surface area contributed by atoms with Crippen LogP contribution in [-0.4, -0.2) is 17.2 Å². The molecule has 0 unspecified atom stereocenters. The van der Waals surface area contributed by atoms with Crippen LogP contribution in [0, 0.1) is 10.1 Å². The molecule has 0 aromatic heterocycles. The van der Waals surface area contributed by atoms with E-state index in [1.54, 1.807) is 17.8 Å². The van der Waals surface area contributed by atoms with E-state index in [0.717, 1.165) is 22.3 Å². The highest BCUT2D eigenvalue weighted by Gasteiger charge is 2.08. The number of nitro groups is 1. The second-order valence-electron chi connectivity index (χ2n) is 4.37. The van der Waals surface area contributed by atoms with Gasteiger partial charge in [-0.2, -0.15) is 0 Å². The highest BCUT2D eigenvalue weighted by Crippen LogP contribution is 2.23. The molecule has 0 aliphatic carbocycles. The van der Waals surface area contributed by atoms with E-state index >= 15 is 0 Å². The second kappa shape index (κ2) is 8.17. The van der Waals surface area contributed by atoms with Gasteiger partial charge in [-0.25, -0.2) is 0 Å². The Morgan fingerprint density at radius 1 is 1.19 bits per heavy atom. The van der Waals surface area contributed by atoms with Gasteiger partial charge in [-0.15, -0.1) is 11.8 Å². The maximum atomic E-state index is 10.7. The van der Waals surface area contributed by atoms with Crippen LogP contribution in [0.2, 0.25) is 0 Å². The molecule has 2 aromatic rings. The van der Waals surface area contributed by atoms with E-state index in [0.29, 0.717) is 6.54 Å². The predicted octanol–water partition coefficient (Wildman–Crippen LogP) is 4.24. The summed E-state index contributed by atoms with van der Waals surface area (Å²) < 4.78 is 0.764. The Labute approximate surface area is 136 Å². The molecule has 2 aromatic carbocycles. The van der Waals surface area contributed by atoms with Gasteiger partial charge in [-0.3, -0.25) is 10.1 Å². The lowest BCUT2D eigenvalue weighted by molar-refractivity contribution is -0.384. The van der Waals surface area contributed by atoms with Crippen molar-refractivity contribution < 1.29 is 4.92 Å². The molecule has 4 nitrogen and oxygen atoms in total. The number of benzene rings is 2. The summed E-state index contributed by atoms with van der Waals surface area (Å²) in [6, 6.07) is 15.1. The molecule has 0 atom stereocenters. The number of hydrogen-bond acceptors (Lipinski definition) is 4. The van der Waals surface area contributed by atoms with Crippen LogP contribution in [-0.2, 0) is 6.54 Å². The zero-order valence-corrected chi connectivity index (χ0v) is 13.7. The first kappa shape index (κ1) is 16.0. The van der Waals surface area contributed by atoms with Gasteiger partial charge in [0, 0.05) is 40.3 Å². The first-order chi connectivity index (χ1) is 10.2. The van der Waals surface area contributed by atoms with Gasteiger partial charge in [0.2, 0.25) is 0 Å². The summed E-state index contributed by atoms with van der Waals surface area (Å²) >= 11 is 5.17. The van der Waals surface area contributed by atoms with Gasteiger partial charge >= 0.3 is 0 Å². The lowest BCUT2D eigenvalue weighted by Crippen LogP contribution is -2.16. The minimum atomic E-state index is -0.390. The molecule has 21 heavy (non-hydrogen) atoms. The molecule has 0 spiro atoms. The van der Waals surface area contributed by atoms with Gasteiger partial charge in [0.25, 0.3) is 5.69 Å². The third-order valence-corrected chi connectivity index (χ3v) is 4.61. The summed E-state index contributed by atoms with van der Waals surface area (Å²) in [4.78, 5) is 11.5. The van der Waals surface area contributed by atoms with Gasteiger partial charge in [0.15, 0.2) is 0 Å². The monoisotopic (exact) mass is 366 g/mol. The molecule has 0 amide bonds. The third-order valence-electron chi connectivity index (χ3n) is 2.85. The van der Waals surface area contributed by atoms with E-state index in [2.05, 4.69) is 33.4 Å². The fourth-order valence-electron chi connectivity index (χ4n) is 1.77. The Morgan fingerprint density at radius 2 is 1.95 bits per heavy atom. The molecule has 0 saturated carbocycles. The van der Waals surface area contributed by atoms with Crippen molar-refractivity contribution >= 4 is 33.4 Å². The number of hydrogen-bond donors (Lipinski definition) is 1. The summed E-state index contributed by atoms with van der Waals surface area (Å²) in [5, 5.41) is 14.0. The van der Waals surface area contributed by atoms with E-state index in [1.807, 2.05) is 18.2 Å². The average Bonchev–Trinajstić information content (AvgIpc) is 2.49. The fraction of sp³-hybridized carbons (Fsp3) is 0.200. The van der Waals surface area contributed by atoms with E-state index in [4.69, 9.17) is 0 Å². The highest BCUT2D eigenvalue weighted by molar-refractivity contribution is 9.10. The minimum Gasteiger partial charge on any atom is -0.312 e. The number of rotatable bonds is 7. The van der Waals surface area contributed by atoms with Gasteiger partial charge in [-0.1, -0.05) is 34.1 Å². The molecule has 1 N–H and O–H groups in total. The Hall–Kier alpha value is -1.37. The van der Waals surface area contributed by atoms with Crippen LogP contribution in [0.1, 0.15) is 5.56 Å². The molecule has 0 radical (unpaired) electrons. The molecule has 0 fully saturated rings. The fourth-order valence-corrected chi connectivity index (χ4v) is 3.11. The van der Waals surface area contributed by atoms with E-state index in [-0.39, 0.29) is 5.69 Å². The van der Waals surface area contributed by atoms with Gasteiger partial charge in [0.05, 0.1) is 4.92 Å². The smallest absolute Gasteiger partial charge is 0.270 e. The normalized spacial score (nSPS) is 10.5. The number of nitrogens with zero attached hydrogens (tertiary/aromatic N) is 1. The molecule has 0 aliphatic heterocycles. The molecular weight excluding hydrogens is 352 g/mol. The first-order valence-electron chi connectivity index (χ1n) is 6.48. The Bertz CT molecular complexity index is 608. The minimum absolute atomic E-state index is 0.102. The summed E-state index contributed by atoms with van der Waals surface area (Å²) in [5.41, 5.74) is 1.12. The van der Waals surface area contributed by atoms with Crippen molar-refractivity contribution in [3.8, 4) is 0 Å². The SMILES string of the molecule is O=[N+]([O-])c1ccc(CNCCSc2ccccc2)c(Br)c1. The Kier molecular flexibility index (Phi) is 6.22. The number of nitro benzene ring substituents is 1. The Morgan fingerprint density at radius 3 is 2.62 bits per heavy atom. The standard InChI is InChI=1S/C15H15BrN2O2S/c16-15-10-13(18(19)20)7-6-12(15)11-17-8-9-21-14-4-2-1-3-5-14/h1-7,10,17H,8-9,11H2. The molecule has 0 aliphatic rings. The van der Waals surface area contributed by atoms with Crippen molar-refractivity contribution in [3.63, 3.8) is 0 Å². The lowest BCUT2D eigenvalue weighted by atomic mass is 10.2. The van der Waals surface area contributed by atoms with Crippen molar-refractivity contribution in [1.29, 1.82) is 0 Å². The largest absolute Gasteiger partial charge is 0.312 e. The topological polar surface area (TPSA) is 55.2 Å². The molecule has 0 heterocycles. The van der Waals surface area contributed by atoms with Crippen LogP contribution in [0.15, 0.2) is 57.9 Å². The summed E-state index contributed by atoms with van der Waals surface area (Å²) in [5.74, 6) is 0.981. The zero-order chi connectivity index (χ0) is 15.1. The maximum absolute atomic E-state index is 10.7. The lowest BCUT2D eigenvalue weighted by Gasteiger charge is -2.07. The quantitative estimate of drug-likeness (QED) is 0.344. The highest BCUT2D eigenvalue weighted by atomic mass is 79.9. The van der Waals surface area contributed by atoms with Crippen molar-refractivity contribution in [2.75, 3.05) is 12.3 Å². The van der Waals surface area contributed by atoms with Crippen molar-refractivity contribution in [3.05, 3.63) is 68.7 Å². The maximum Gasteiger partial charge on any atom is 0.270 e. The number of nitrogens with one attached hydrogen (secondary N) is 1. The van der Waals surface area contributed by atoms with Crippen LogP contribution in [0.4, 0.5) is 5.69 Å². The molecule has 2 rings (SSSR count). The summed E-state index contributed by atoms with van der Waals surface area (Å²) in [6.07, 6.45) is 0. The third kappa shape index (κ3) is 5.15. The number of thioether (sulfide) groups is 1. The van der Waals surface area contributed by atoms with Crippen LogP contribution in [0.5, 0.6) is 0 Å². The molecule has 0 saturated heterocycles.